The van der Waals surface area contributed by atoms with E-state index in [1.807, 2.05) is 30.5 Å². The van der Waals surface area contributed by atoms with Crippen molar-refractivity contribution in [3.8, 4) is 0 Å². The molecule has 0 spiro atoms. The summed E-state index contributed by atoms with van der Waals surface area (Å²) >= 11 is 0. The van der Waals surface area contributed by atoms with E-state index in [1.165, 1.54) is 0 Å². The Kier molecular flexibility index (Phi) is 3.35. The van der Waals surface area contributed by atoms with Gasteiger partial charge in [-0.3, -0.25) is 4.79 Å². The van der Waals surface area contributed by atoms with Crippen LogP contribution in [0.15, 0.2) is 54.7 Å². The summed E-state index contributed by atoms with van der Waals surface area (Å²) in [5.41, 5.74) is 8.83. The van der Waals surface area contributed by atoms with Gasteiger partial charge in [-0.2, -0.15) is 0 Å². The van der Waals surface area contributed by atoms with E-state index in [1.54, 1.807) is 24.3 Å². The number of nitrogens with one attached hydrogen (secondary N) is 1. The van der Waals surface area contributed by atoms with Gasteiger partial charge in [0.1, 0.15) is 0 Å². The number of para-hydroxylation sites is 1. The van der Waals surface area contributed by atoms with Gasteiger partial charge >= 0.3 is 0 Å². The number of aromatic nitrogens is 1. The number of fused-ring (bicyclic) bond motifs is 1. The van der Waals surface area contributed by atoms with Gasteiger partial charge in [-0.05, 0) is 24.1 Å². The Balaban J connectivity index is 1.82. The molecule has 0 unspecified atom stereocenters. The number of carbonyl (C=O) groups is 1. The zero-order chi connectivity index (χ0) is 13.9. The van der Waals surface area contributed by atoms with Crippen molar-refractivity contribution >= 4 is 16.7 Å². The molecule has 1 aromatic heterocycles. The first-order chi connectivity index (χ1) is 9.75. The molecule has 3 rings (SSSR count). The average Bonchev–Trinajstić information content (AvgIpc) is 2.91. The van der Waals surface area contributed by atoms with E-state index in [0.29, 0.717) is 12.0 Å². The molecule has 3 nitrogen and oxygen atoms in total. The zero-order valence-electron chi connectivity index (χ0n) is 11.0. The van der Waals surface area contributed by atoms with Crippen molar-refractivity contribution in [3.05, 3.63) is 71.9 Å². The highest BCUT2D eigenvalue weighted by atomic mass is 16.1. The molecule has 0 saturated heterocycles. The first-order valence-electron chi connectivity index (χ1n) is 6.56. The Morgan fingerprint density at radius 3 is 2.75 bits per heavy atom. The smallest absolute Gasteiger partial charge is 0.179 e. The minimum absolute atomic E-state index is 0.0377. The third-order valence-electron chi connectivity index (χ3n) is 3.45. The standard InChI is InChI=1S/C17H15N2O/c18-15(17(20)12-6-2-1-3-7-12)10-13-11-19-16-9-5-4-8-14(13)16/h2-9,11,15,19H,10,18H2/t15-/m1/s1. The molecule has 3 N–H and O–H groups in total. The minimum atomic E-state index is -0.531. The Labute approximate surface area is 117 Å². The second-order valence-corrected chi connectivity index (χ2v) is 4.82. The predicted molar refractivity (Wildman–Crippen MR) is 79.6 cm³/mol. The van der Waals surface area contributed by atoms with Gasteiger partial charge in [0, 0.05) is 22.7 Å². The highest BCUT2D eigenvalue weighted by molar-refractivity contribution is 6.00. The first kappa shape index (κ1) is 12.6. The number of hydrogen-bond acceptors (Lipinski definition) is 2. The number of nitrogens with two attached hydrogens (primary N) is 1. The zero-order valence-corrected chi connectivity index (χ0v) is 11.0. The fourth-order valence-electron chi connectivity index (χ4n) is 2.40. The Morgan fingerprint density at radius 1 is 1.20 bits per heavy atom. The third-order valence-corrected chi connectivity index (χ3v) is 3.45. The van der Waals surface area contributed by atoms with Gasteiger partial charge in [-0.1, -0.05) is 42.5 Å². The fraction of sp³-hybridized carbons (Fsp3) is 0.118. The molecule has 99 valence electrons. The monoisotopic (exact) mass is 263 g/mol. The molecule has 0 aliphatic rings. The molecule has 1 atom stereocenters. The van der Waals surface area contributed by atoms with Gasteiger partial charge in [0.2, 0.25) is 0 Å². The molecular weight excluding hydrogens is 248 g/mol. The Bertz CT molecular complexity index is 731. The number of Topliss-reactive ketones (excluding diaryl/α,β-unsaturated/α-hetero) is 1. The van der Waals surface area contributed by atoms with E-state index in [9.17, 15) is 4.79 Å². The maximum Gasteiger partial charge on any atom is 0.179 e. The molecule has 3 heteroatoms. The van der Waals surface area contributed by atoms with Crippen LogP contribution in [0.4, 0.5) is 0 Å². The largest absolute Gasteiger partial charge is 0.361 e. The second kappa shape index (κ2) is 5.31. The van der Waals surface area contributed by atoms with Crippen LogP contribution in [-0.4, -0.2) is 16.8 Å². The molecule has 20 heavy (non-hydrogen) atoms. The number of rotatable bonds is 4. The number of hydrogen-bond donors (Lipinski definition) is 2. The molecule has 0 saturated carbocycles. The van der Waals surface area contributed by atoms with Gasteiger partial charge in [0.25, 0.3) is 0 Å². The summed E-state index contributed by atoms with van der Waals surface area (Å²) in [4.78, 5) is 15.5. The summed E-state index contributed by atoms with van der Waals surface area (Å²) in [6.07, 6.45) is 2.46. The molecule has 0 bridgehead atoms. The minimum Gasteiger partial charge on any atom is -0.361 e. The summed E-state index contributed by atoms with van der Waals surface area (Å²) in [6, 6.07) is 17.3. The number of H-pyrrole nitrogens is 1. The van der Waals surface area contributed by atoms with Crippen molar-refractivity contribution < 1.29 is 4.79 Å². The van der Waals surface area contributed by atoms with E-state index in [-0.39, 0.29) is 5.78 Å². The maximum absolute atomic E-state index is 12.3. The van der Waals surface area contributed by atoms with E-state index in [4.69, 9.17) is 5.73 Å². The second-order valence-electron chi connectivity index (χ2n) is 4.82. The number of aromatic amines is 1. The number of carbonyl (C=O) groups excluding carboxylic acids is 1. The quantitative estimate of drug-likeness (QED) is 0.711. The van der Waals surface area contributed by atoms with E-state index >= 15 is 0 Å². The van der Waals surface area contributed by atoms with E-state index < -0.39 is 6.04 Å². The molecule has 3 aromatic rings. The van der Waals surface area contributed by atoms with Crippen LogP contribution in [0.3, 0.4) is 0 Å². The molecule has 0 fully saturated rings. The molecule has 2 aromatic carbocycles. The van der Waals surface area contributed by atoms with Crippen LogP contribution in [0.5, 0.6) is 0 Å². The lowest BCUT2D eigenvalue weighted by Crippen LogP contribution is -2.32. The molecule has 1 heterocycles. The van der Waals surface area contributed by atoms with Gasteiger partial charge in [-0.15, -0.1) is 0 Å². The maximum atomic E-state index is 12.3. The summed E-state index contributed by atoms with van der Waals surface area (Å²) in [5.74, 6) is -0.0377. The molecule has 0 aliphatic carbocycles. The first-order valence-corrected chi connectivity index (χ1v) is 6.56. The van der Waals surface area contributed by atoms with Crippen molar-refractivity contribution in [2.45, 2.75) is 12.5 Å². The summed E-state index contributed by atoms with van der Waals surface area (Å²) in [7, 11) is 0. The molecule has 0 amide bonds. The summed E-state index contributed by atoms with van der Waals surface area (Å²) in [6.45, 7) is 0. The molecular formula is C17H15N2O. The van der Waals surface area contributed by atoms with Crippen molar-refractivity contribution in [2.75, 3.05) is 0 Å². The predicted octanol–water partition coefficient (Wildman–Crippen LogP) is 2.72. The van der Waals surface area contributed by atoms with Gasteiger partial charge in [0.05, 0.1) is 6.04 Å². The fourth-order valence-corrected chi connectivity index (χ4v) is 2.40. The Hall–Kier alpha value is -2.39. The van der Waals surface area contributed by atoms with Crippen molar-refractivity contribution in [1.82, 2.24) is 4.98 Å². The van der Waals surface area contributed by atoms with Gasteiger partial charge in [-0.25, -0.2) is 0 Å². The van der Waals surface area contributed by atoms with Crippen LogP contribution in [0.1, 0.15) is 15.9 Å². The molecule has 0 aliphatic heterocycles. The molecule has 1 radical (unpaired) electrons. The van der Waals surface area contributed by atoms with Crippen LogP contribution in [0, 0.1) is 6.07 Å². The third kappa shape index (κ3) is 2.36. The lowest BCUT2D eigenvalue weighted by atomic mass is 9.98. The average molecular weight is 263 g/mol. The van der Waals surface area contributed by atoms with E-state index in [2.05, 4.69) is 11.1 Å². The number of benzene rings is 2. The normalized spacial score (nSPS) is 12.4. The lowest BCUT2D eigenvalue weighted by Gasteiger charge is -2.10. The van der Waals surface area contributed by atoms with Gasteiger partial charge in [0.15, 0.2) is 5.78 Å². The van der Waals surface area contributed by atoms with Crippen LogP contribution < -0.4 is 5.73 Å². The van der Waals surface area contributed by atoms with Gasteiger partial charge < -0.3 is 10.7 Å². The van der Waals surface area contributed by atoms with Crippen LogP contribution in [-0.2, 0) is 6.42 Å². The topological polar surface area (TPSA) is 58.9 Å². The highest BCUT2D eigenvalue weighted by Crippen LogP contribution is 2.19. The van der Waals surface area contributed by atoms with Crippen molar-refractivity contribution in [2.24, 2.45) is 5.73 Å². The lowest BCUT2D eigenvalue weighted by molar-refractivity contribution is 0.0961. The van der Waals surface area contributed by atoms with Crippen molar-refractivity contribution in [3.63, 3.8) is 0 Å². The number of ketones is 1. The van der Waals surface area contributed by atoms with Crippen LogP contribution in [0.25, 0.3) is 10.9 Å². The van der Waals surface area contributed by atoms with E-state index in [0.717, 1.165) is 16.5 Å². The SMILES string of the molecule is N[C@H](Cc1c[nH]c2ccccc12)C(=O)c1cc[c]cc1. The van der Waals surface area contributed by atoms with Crippen molar-refractivity contribution in [1.29, 1.82) is 0 Å². The summed E-state index contributed by atoms with van der Waals surface area (Å²) < 4.78 is 0. The Morgan fingerprint density at radius 2 is 1.95 bits per heavy atom. The summed E-state index contributed by atoms with van der Waals surface area (Å²) in [5, 5.41) is 1.12. The highest BCUT2D eigenvalue weighted by Gasteiger charge is 2.17. The van der Waals surface area contributed by atoms with Crippen LogP contribution >= 0.6 is 0 Å². The van der Waals surface area contributed by atoms with Crippen LogP contribution in [0.2, 0.25) is 0 Å².